The Morgan fingerprint density at radius 2 is 1.94 bits per heavy atom. The first-order valence-corrected chi connectivity index (χ1v) is 12.0. The molecule has 0 radical (unpaired) electrons. The number of nitrogens with zero attached hydrogens (tertiary/aromatic N) is 3. The molecule has 0 spiro atoms. The van der Waals surface area contributed by atoms with E-state index in [4.69, 9.17) is 24.2 Å². The van der Waals surface area contributed by atoms with Gasteiger partial charge in [0, 0.05) is 38.0 Å². The molecule has 2 aliphatic rings. The lowest BCUT2D eigenvalue weighted by Gasteiger charge is -2.35. The summed E-state index contributed by atoms with van der Waals surface area (Å²) < 4.78 is 17.7. The summed E-state index contributed by atoms with van der Waals surface area (Å²) in [6, 6.07) is 10.2. The van der Waals surface area contributed by atoms with Crippen molar-refractivity contribution in [3.63, 3.8) is 0 Å². The van der Waals surface area contributed by atoms with E-state index < -0.39 is 12.2 Å². The van der Waals surface area contributed by atoms with E-state index in [1.165, 1.54) is 0 Å². The number of para-hydroxylation sites is 1. The molecular weight excluding hydrogens is 418 g/mol. The molecule has 2 unspecified atom stereocenters. The number of aliphatic imine (C=N–C) groups is 1. The highest BCUT2D eigenvalue weighted by Gasteiger charge is 2.40. The van der Waals surface area contributed by atoms with Crippen LogP contribution in [-0.4, -0.2) is 52.8 Å². The molecule has 1 amide bonds. The molecule has 3 heterocycles. The molecule has 4 rings (SSSR count). The van der Waals surface area contributed by atoms with Crippen molar-refractivity contribution in [2.24, 2.45) is 10.9 Å². The third kappa shape index (κ3) is 5.36. The van der Waals surface area contributed by atoms with Crippen molar-refractivity contribution in [1.29, 1.82) is 0 Å². The number of fused-ring (bicyclic) bond motifs is 2. The Kier molecular flexibility index (Phi) is 7.00. The highest BCUT2D eigenvalue weighted by atomic mass is 16.7. The molecule has 0 fully saturated rings. The predicted octanol–water partition coefficient (Wildman–Crippen LogP) is 4.47. The van der Waals surface area contributed by atoms with Crippen molar-refractivity contribution in [1.82, 2.24) is 9.88 Å². The van der Waals surface area contributed by atoms with Gasteiger partial charge in [-0.3, -0.25) is 9.78 Å². The molecule has 1 aromatic carbocycles. The lowest BCUT2D eigenvalue weighted by molar-refractivity contribution is -0.154. The molecule has 0 saturated carbocycles. The average Bonchev–Trinajstić information content (AvgIpc) is 3.17. The standard InChI is InChI=1S/C26H35N3O4/c1-6-31-23(32-7-2)13-20(24-28-26(4,5)14-17(3)33-24)25(30)29-15-19-12-18-10-8-9-11-21(18)27-22(19)16-29/h8-12,17,20,23H,6-7,13-16H2,1-5H3. The number of hydrogen-bond acceptors (Lipinski definition) is 6. The van der Waals surface area contributed by atoms with Gasteiger partial charge in [0.05, 0.1) is 29.4 Å². The van der Waals surface area contributed by atoms with E-state index in [1.807, 2.05) is 43.9 Å². The third-order valence-corrected chi connectivity index (χ3v) is 6.16. The zero-order valence-corrected chi connectivity index (χ0v) is 20.3. The number of carbonyl (C=O) groups excluding carboxylic acids is 1. The van der Waals surface area contributed by atoms with Gasteiger partial charge in [0.15, 0.2) is 12.2 Å². The number of pyridine rings is 1. The van der Waals surface area contributed by atoms with Crippen molar-refractivity contribution in [2.45, 2.75) is 78.5 Å². The largest absolute Gasteiger partial charge is 0.477 e. The first-order valence-electron chi connectivity index (χ1n) is 12.0. The van der Waals surface area contributed by atoms with E-state index in [1.54, 1.807) is 0 Å². The van der Waals surface area contributed by atoms with Crippen LogP contribution in [0.1, 0.15) is 58.7 Å². The maximum Gasteiger partial charge on any atom is 0.235 e. The summed E-state index contributed by atoms with van der Waals surface area (Å²) in [4.78, 5) is 25.4. The summed E-state index contributed by atoms with van der Waals surface area (Å²) in [5.74, 6) is -0.105. The fourth-order valence-electron chi connectivity index (χ4n) is 4.83. The molecule has 7 nitrogen and oxygen atoms in total. The molecule has 33 heavy (non-hydrogen) atoms. The minimum Gasteiger partial charge on any atom is -0.477 e. The number of rotatable bonds is 8. The number of benzene rings is 1. The Morgan fingerprint density at radius 1 is 1.21 bits per heavy atom. The van der Waals surface area contributed by atoms with Gasteiger partial charge in [-0.15, -0.1) is 0 Å². The Balaban J connectivity index is 1.62. The van der Waals surface area contributed by atoms with E-state index in [9.17, 15) is 4.79 Å². The van der Waals surface area contributed by atoms with Crippen LogP contribution in [-0.2, 0) is 32.1 Å². The molecule has 0 N–H and O–H groups in total. The minimum absolute atomic E-state index is 0.0109. The SMILES string of the molecule is CCOC(CC(C(=O)N1Cc2cc3ccccc3nc2C1)C1=NC(C)(C)CC(C)O1)OCC. The molecule has 0 aliphatic carbocycles. The van der Waals surface area contributed by atoms with E-state index in [0.29, 0.717) is 38.6 Å². The summed E-state index contributed by atoms with van der Waals surface area (Å²) >= 11 is 0. The van der Waals surface area contributed by atoms with Crippen molar-refractivity contribution < 1.29 is 19.0 Å². The maximum absolute atomic E-state index is 13.9. The molecule has 0 saturated heterocycles. The summed E-state index contributed by atoms with van der Waals surface area (Å²) in [5.41, 5.74) is 2.70. The van der Waals surface area contributed by atoms with Gasteiger partial charge in [-0.25, -0.2) is 4.99 Å². The van der Waals surface area contributed by atoms with Gasteiger partial charge in [0.1, 0.15) is 5.92 Å². The minimum atomic E-state index is -0.571. The summed E-state index contributed by atoms with van der Waals surface area (Å²) in [5, 5.41) is 1.09. The number of aromatic nitrogens is 1. The number of amides is 1. The highest BCUT2D eigenvalue weighted by Crippen LogP contribution is 2.31. The second kappa shape index (κ2) is 9.77. The number of carbonyl (C=O) groups is 1. The van der Waals surface area contributed by atoms with Crippen molar-refractivity contribution in [3.05, 3.63) is 41.6 Å². The van der Waals surface area contributed by atoms with Crippen molar-refractivity contribution in [3.8, 4) is 0 Å². The first kappa shape index (κ1) is 23.6. The monoisotopic (exact) mass is 453 g/mol. The van der Waals surface area contributed by atoms with Crippen LogP contribution in [0.15, 0.2) is 35.3 Å². The van der Waals surface area contributed by atoms with E-state index in [-0.39, 0.29) is 17.6 Å². The Morgan fingerprint density at radius 3 is 2.64 bits per heavy atom. The third-order valence-electron chi connectivity index (χ3n) is 6.16. The Labute approximate surface area is 196 Å². The Hall–Kier alpha value is -2.51. The fraction of sp³-hybridized carbons (Fsp3) is 0.577. The molecule has 0 bridgehead atoms. The lowest BCUT2D eigenvalue weighted by atomic mass is 9.94. The average molecular weight is 454 g/mol. The normalized spacial score (nSPS) is 20.5. The topological polar surface area (TPSA) is 73.2 Å². The van der Waals surface area contributed by atoms with Crippen LogP contribution in [0.3, 0.4) is 0 Å². The van der Waals surface area contributed by atoms with Crippen molar-refractivity contribution >= 4 is 22.7 Å². The zero-order valence-electron chi connectivity index (χ0n) is 20.3. The van der Waals surface area contributed by atoms with Crippen LogP contribution in [0.25, 0.3) is 10.9 Å². The maximum atomic E-state index is 13.9. The lowest BCUT2D eigenvalue weighted by Crippen LogP contribution is -2.44. The summed E-state index contributed by atoms with van der Waals surface area (Å²) in [6.07, 6.45) is 0.669. The summed E-state index contributed by atoms with van der Waals surface area (Å²) in [7, 11) is 0. The van der Waals surface area contributed by atoms with Gasteiger partial charge in [-0.2, -0.15) is 0 Å². The second-order valence-electron chi connectivity index (χ2n) is 9.50. The highest BCUT2D eigenvalue weighted by molar-refractivity contribution is 6.01. The van der Waals surface area contributed by atoms with E-state index in [2.05, 4.69) is 26.0 Å². The number of hydrogen-bond donors (Lipinski definition) is 0. The Bertz CT molecular complexity index is 985. The molecule has 2 atom stereocenters. The van der Waals surface area contributed by atoms with Crippen LogP contribution in [0, 0.1) is 5.92 Å². The van der Waals surface area contributed by atoms with Gasteiger partial charge in [0.2, 0.25) is 5.91 Å². The molecule has 2 aromatic rings. The quantitative estimate of drug-likeness (QED) is 0.552. The van der Waals surface area contributed by atoms with Crippen LogP contribution in [0.2, 0.25) is 0 Å². The van der Waals surface area contributed by atoms with Crippen LogP contribution in [0.5, 0.6) is 0 Å². The van der Waals surface area contributed by atoms with Crippen LogP contribution < -0.4 is 0 Å². The first-order chi connectivity index (χ1) is 15.8. The van der Waals surface area contributed by atoms with Crippen LogP contribution >= 0.6 is 0 Å². The fourth-order valence-corrected chi connectivity index (χ4v) is 4.83. The predicted molar refractivity (Wildman–Crippen MR) is 128 cm³/mol. The van der Waals surface area contributed by atoms with Crippen LogP contribution in [0.4, 0.5) is 0 Å². The summed E-state index contributed by atoms with van der Waals surface area (Å²) in [6.45, 7) is 12.1. The van der Waals surface area contributed by atoms with E-state index in [0.717, 1.165) is 28.6 Å². The molecule has 1 aromatic heterocycles. The smallest absolute Gasteiger partial charge is 0.235 e. The second-order valence-corrected chi connectivity index (χ2v) is 9.50. The van der Waals surface area contributed by atoms with E-state index >= 15 is 0 Å². The van der Waals surface area contributed by atoms with Gasteiger partial charge in [-0.05, 0) is 52.3 Å². The van der Waals surface area contributed by atoms with Gasteiger partial charge < -0.3 is 19.1 Å². The zero-order chi connectivity index (χ0) is 23.6. The molecular formula is C26H35N3O4. The molecule has 7 heteroatoms. The van der Waals surface area contributed by atoms with Gasteiger partial charge in [-0.1, -0.05) is 18.2 Å². The van der Waals surface area contributed by atoms with Crippen molar-refractivity contribution in [2.75, 3.05) is 13.2 Å². The molecule has 178 valence electrons. The number of ether oxygens (including phenoxy) is 3. The molecule has 2 aliphatic heterocycles. The van der Waals surface area contributed by atoms with Gasteiger partial charge in [0.25, 0.3) is 0 Å². The van der Waals surface area contributed by atoms with Gasteiger partial charge >= 0.3 is 0 Å².